The summed E-state index contributed by atoms with van der Waals surface area (Å²) in [7, 11) is 0. The first-order valence-electron chi connectivity index (χ1n) is 7.08. The topological polar surface area (TPSA) is 96.5 Å². The van der Waals surface area contributed by atoms with Gasteiger partial charge in [-0.25, -0.2) is 15.1 Å². The van der Waals surface area contributed by atoms with Crippen LogP contribution in [0.5, 0.6) is 0 Å². The average Bonchev–Trinajstić information content (AvgIpc) is 3.12. The first-order valence-corrected chi connectivity index (χ1v) is 7.89. The van der Waals surface area contributed by atoms with Crippen molar-refractivity contribution in [3.63, 3.8) is 0 Å². The van der Waals surface area contributed by atoms with Crippen LogP contribution in [0.3, 0.4) is 0 Å². The smallest absolute Gasteiger partial charge is 0.268 e. The third kappa shape index (κ3) is 2.16. The molecule has 3 aromatic heterocycles. The normalized spacial score (nSPS) is 14.5. The maximum atomic E-state index is 12.4. The van der Waals surface area contributed by atoms with Crippen LogP contribution in [0.25, 0.3) is 10.2 Å². The molecular weight excluding hydrogens is 300 g/mol. The average molecular weight is 314 g/mol. The fourth-order valence-corrected chi connectivity index (χ4v) is 3.66. The molecule has 7 nitrogen and oxygen atoms in total. The van der Waals surface area contributed by atoms with E-state index in [4.69, 9.17) is 0 Å². The molecule has 0 atom stereocenters. The lowest BCUT2D eigenvalue weighted by Gasteiger charge is -2.02. The van der Waals surface area contributed by atoms with Crippen molar-refractivity contribution in [1.82, 2.24) is 25.1 Å². The maximum Gasteiger partial charge on any atom is 0.268 e. The first kappa shape index (κ1) is 13.3. The highest BCUT2D eigenvalue weighted by Crippen LogP contribution is 2.40. The number of nitrogens with one attached hydrogen (secondary N) is 2. The molecule has 4 rings (SSSR count). The van der Waals surface area contributed by atoms with Crippen LogP contribution in [0, 0.1) is 13.8 Å². The first-order chi connectivity index (χ1) is 10.6. The molecule has 0 unspecified atom stereocenters. The zero-order chi connectivity index (χ0) is 15.3. The highest BCUT2D eigenvalue weighted by Gasteiger charge is 2.28. The van der Waals surface area contributed by atoms with Gasteiger partial charge in [0.2, 0.25) is 5.95 Å². The van der Waals surface area contributed by atoms with Crippen molar-refractivity contribution in [3.8, 4) is 0 Å². The Hall–Kier alpha value is -2.35. The van der Waals surface area contributed by atoms with E-state index in [1.54, 1.807) is 0 Å². The van der Waals surface area contributed by atoms with Gasteiger partial charge in [0.15, 0.2) is 0 Å². The van der Waals surface area contributed by atoms with E-state index in [-0.39, 0.29) is 5.91 Å². The summed E-state index contributed by atoms with van der Waals surface area (Å²) in [5, 5.41) is 10.0. The van der Waals surface area contributed by atoms with Crippen molar-refractivity contribution in [2.24, 2.45) is 0 Å². The largest absolute Gasteiger partial charge is 0.290 e. The molecule has 1 aliphatic carbocycles. The Bertz CT molecular complexity index is 865. The van der Waals surface area contributed by atoms with Gasteiger partial charge >= 0.3 is 0 Å². The summed E-state index contributed by atoms with van der Waals surface area (Å²) < 4.78 is 0. The molecule has 0 aliphatic heterocycles. The van der Waals surface area contributed by atoms with Crippen LogP contribution in [0.4, 0.5) is 5.95 Å². The van der Waals surface area contributed by atoms with E-state index < -0.39 is 0 Å². The van der Waals surface area contributed by atoms with Gasteiger partial charge in [-0.15, -0.1) is 11.3 Å². The third-order valence-corrected chi connectivity index (χ3v) is 4.97. The van der Waals surface area contributed by atoms with Crippen molar-refractivity contribution in [2.75, 3.05) is 5.32 Å². The highest BCUT2D eigenvalue weighted by atomic mass is 32.1. The Labute approximate surface area is 130 Å². The van der Waals surface area contributed by atoms with Gasteiger partial charge in [0.05, 0.1) is 10.6 Å². The van der Waals surface area contributed by atoms with Crippen LogP contribution in [0.1, 0.15) is 45.5 Å². The van der Waals surface area contributed by atoms with E-state index in [2.05, 4.69) is 30.5 Å². The SMILES string of the molecule is Cc1nc(C2CC2)nc2sc(C(=O)Nc3ncn[nH]3)c(C)c12. The van der Waals surface area contributed by atoms with Crippen LogP contribution < -0.4 is 5.32 Å². The Balaban J connectivity index is 1.76. The van der Waals surface area contributed by atoms with Gasteiger partial charge in [-0.2, -0.15) is 10.1 Å². The second-order valence-electron chi connectivity index (χ2n) is 5.47. The van der Waals surface area contributed by atoms with Crippen molar-refractivity contribution in [1.29, 1.82) is 0 Å². The van der Waals surface area contributed by atoms with Crippen LogP contribution in [0.15, 0.2) is 6.33 Å². The number of hydrogen-bond donors (Lipinski definition) is 2. The molecule has 1 amide bonds. The molecule has 8 heteroatoms. The van der Waals surface area contributed by atoms with E-state index >= 15 is 0 Å². The predicted octanol–water partition coefficient (Wildman–Crippen LogP) is 2.56. The monoisotopic (exact) mass is 314 g/mol. The fourth-order valence-electron chi connectivity index (χ4n) is 2.53. The molecule has 3 heterocycles. The molecule has 0 radical (unpaired) electrons. The van der Waals surface area contributed by atoms with Gasteiger partial charge in [-0.3, -0.25) is 10.1 Å². The van der Waals surface area contributed by atoms with Crippen LogP contribution >= 0.6 is 11.3 Å². The molecule has 0 aromatic carbocycles. The second-order valence-corrected chi connectivity index (χ2v) is 6.47. The molecule has 3 aromatic rings. The molecule has 1 saturated carbocycles. The lowest BCUT2D eigenvalue weighted by Crippen LogP contribution is -2.12. The van der Waals surface area contributed by atoms with Crippen LogP contribution in [0.2, 0.25) is 0 Å². The Morgan fingerprint density at radius 3 is 2.86 bits per heavy atom. The Morgan fingerprint density at radius 2 is 2.18 bits per heavy atom. The van der Waals surface area contributed by atoms with Gasteiger partial charge < -0.3 is 0 Å². The van der Waals surface area contributed by atoms with E-state index in [1.807, 2.05) is 13.8 Å². The summed E-state index contributed by atoms with van der Waals surface area (Å²) >= 11 is 1.40. The van der Waals surface area contributed by atoms with Gasteiger partial charge in [0.1, 0.15) is 17.0 Å². The van der Waals surface area contributed by atoms with E-state index in [0.717, 1.165) is 40.1 Å². The van der Waals surface area contributed by atoms with Crippen molar-refractivity contribution in [3.05, 3.63) is 28.3 Å². The second kappa shape index (κ2) is 4.84. The molecule has 0 bridgehead atoms. The number of amides is 1. The zero-order valence-electron chi connectivity index (χ0n) is 12.2. The molecular formula is C14H14N6OS. The zero-order valence-corrected chi connectivity index (χ0v) is 13.0. The molecule has 0 saturated heterocycles. The number of nitrogens with zero attached hydrogens (tertiary/aromatic N) is 4. The van der Waals surface area contributed by atoms with E-state index in [1.165, 1.54) is 17.7 Å². The highest BCUT2D eigenvalue weighted by molar-refractivity contribution is 7.20. The predicted molar refractivity (Wildman–Crippen MR) is 83.2 cm³/mol. The van der Waals surface area contributed by atoms with Gasteiger partial charge in [-0.05, 0) is 32.3 Å². The van der Waals surface area contributed by atoms with Gasteiger partial charge in [0, 0.05) is 11.3 Å². The number of anilines is 1. The molecule has 0 spiro atoms. The summed E-state index contributed by atoms with van der Waals surface area (Å²) in [6, 6.07) is 0. The molecule has 2 N–H and O–H groups in total. The quantitative estimate of drug-likeness (QED) is 0.774. The number of carbonyl (C=O) groups is 1. The molecule has 112 valence electrons. The van der Waals surface area contributed by atoms with Gasteiger partial charge in [-0.1, -0.05) is 0 Å². The number of H-pyrrole nitrogens is 1. The van der Waals surface area contributed by atoms with E-state index in [0.29, 0.717) is 16.7 Å². The van der Waals surface area contributed by atoms with Crippen molar-refractivity contribution >= 4 is 33.4 Å². The number of hydrogen-bond acceptors (Lipinski definition) is 6. The standard InChI is InChI=1S/C14H14N6OS/c1-6-9-7(2)17-11(8-3-4-8)18-13(9)22-10(6)12(21)19-14-15-5-16-20-14/h5,8H,3-4H2,1-2H3,(H2,15,16,19,20,21). The molecule has 1 fully saturated rings. The summed E-state index contributed by atoms with van der Waals surface area (Å²) in [4.78, 5) is 27.1. The summed E-state index contributed by atoms with van der Waals surface area (Å²) in [5.41, 5.74) is 1.86. The van der Waals surface area contributed by atoms with Crippen molar-refractivity contribution < 1.29 is 4.79 Å². The van der Waals surface area contributed by atoms with Gasteiger partial charge in [0.25, 0.3) is 5.91 Å². The Morgan fingerprint density at radius 1 is 1.36 bits per heavy atom. The third-order valence-electron chi connectivity index (χ3n) is 3.78. The summed E-state index contributed by atoms with van der Waals surface area (Å²) in [6.07, 6.45) is 3.67. The van der Waals surface area contributed by atoms with Crippen LogP contribution in [-0.4, -0.2) is 31.1 Å². The summed E-state index contributed by atoms with van der Waals surface area (Å²) in [6.45, 7) is 3.91. The lowest BCUT2D eigenvalue weighted by molar-refractivity contribution is 0.102. The number of fused-ring (bicyclic) bond motifs is 1. The number of rotatable bonds is 3. The molecule has 22 heavy (non-hydrogen) atoms. The van der Waals surface area contributed by atoms with Crippen molar-refractivity contribution in [2.45, 2.75) is 32.6 Å². The maximum absolute atomic E-state index is 12.4. The summed E-state index contributed by atoms with van der Waals surface area (Å²) in [5.74, 6) is 1.54. The lowest BCUT2D eigenvalue weighted by atomic mass is 10.1. The minimum Gasteiger partial charge on any atom is -0.290 e. The fraction of sp³-hybridized carbons (Fsp3) is 0.357. The number of aryl methyl sites for hydroxylation is 2. The number of aromatic amines is 1. The van der Waals surface area contributed by atoms with Crippen LogP contribution in [-0.2, 0) is 0 Å². The number of carbonyl (C=O) groups excluding carboxylic acids is 1. The minimum atomic E-state index is -0.204. The van der Waals surface area contributed by atoms with E-state index in [9.17, 15) is 4.79 Å². The minimum absolute atomic E-state index is 0.204. The number of aromatic nitrogens is 5. The Kier molecular flexibility index (Phi) is 2.93. The number of thiophene rings is 1. The molecule has 1 aliphatic rings.